The van der Waals surface area contributed by atoms with Gasteiger partial charge >= 0.3 is 0 Å². The van der Waals surface area contributed by atoms with Crippen LogP contribution in [-0.2, 0) is 4.74 Å². The van der Waals surface area contributed by atoms with Gasteiger partial charge in [0.1, 0.15) is 5.76 Å². The number of hydrogen-bond acceptors (Lipinski definition) is 3. The van der Waals surface area contributed by atoms with Crippen LogP contribution in [-0.4, -0.2) is 33.8 Å². The first-order valence-electron chi connectivity index (χ1n) is 6.38. The molecule has 19 heavy (non-hydrogen) atoms. The van der Waals surface area contributed by atoms with Crippen molar-refractivity contribution in [2.75, 3.05) is 33.8 Å². The van der Waals surface area contributed by atoms with Crippen LogP contribution in [0.1, 0.15) is 6.42 Å². The number of methoxy groups -OCH3 is 1. The molecule has 0 heterocycles. The van der Waals surface area contributed by atoms with Gasteiger partial charge in [0.25, 0.3) is 0 Å². The van der Waals surface area contributed by atoms with E-state index < -0.39 is 0 Å². The molecule has 0 radical (unpaired) electrons. The predicted molar refractivity (Wildman–Crippen MR) is 84.1 cm³/mol. The van der Waals surface area contributed by atoms with Gasteiger partial charge in [0.05, 0.1) is 7.11 Å². The van der Waals surface area contributed by atoms with Crippen LogP contribution in [0.2, 0.25) is 0 Å². The number of likely N-dealkylation sites (N-methyl/N-ethyl adjacent to an activating group) is 1. The maximum atomic E-state index is 4.94. The third-order valence-corrected chi connectivity index (χ3v) is 2.36. The van der Waals surface area contributed by atoms with Gasteiger partial charge in [0, 0.05) is 13.1 Å². The van der Waals surface area contributed by atoms with Gasteiger partial charge in [-0.3, -0.25) is 0 Å². The lowest BCUT2D eigenvalue weighted by molar-refractivity contribution is 0.309. The van der Waals surface area contributed by atoms with Crippen LogP contribution in [0.3, 0.4) is 0 Å². The Hall–Kier alpha value is -1.58. The highest BCUT2D eigenvalue weighted by Gasteiger charge is 1.90. The summed E-state index contributed by atoms with van der Waals surface area (Å²) >= 11 is 0. The van der Waals surface area contributed by atoms with Crippen LogP contribution in [0.5, 0.6) is 0 Å². The highest BCUT2D eigenvalue weighted by atomic mass is 16.5. The van der Waals surface area contributed by atoms with E-state index in [1.807, 2.05) is 19.2 Å². The summed E-state index contributed by atoms with van der Waals surface area (Å²) in [5, 5.41) is 6.37. The fraction of sp³-hybridized carbons (Fsp3) is 0.375. The molecule has 0 unspecified atom stereocenters. The van der Waals surface area contributed by atoms with Gasteiger partial charge in [-0.05, 0) is 37.2 Å². The average molecular weight is 262 g/mol. The highest BCUT2D eigenvalue weighted by Crippen LogP contribution is 1.98. The second kappa shape index (κ2) is 11.5. The summed E-state index contributed by atoms with van der Waals surface area (Å²) in [6, 6.07) is 0. The molecule has 0 atom stereocenters. The molecule has 0 bridgehead atoms. The van der Waals surface area contributed by atoms with Crippen LogP contribution >= 0.6 is 0 Å². The summed E-state index contributed by atoms with van der Waals surface area (Å²) in [6.07, 6.45) is 8.87. The van der Waals surface area contributed by atoms with Crippen LogP contribution in [0.4, 0.5) is 0 Å². The zero-order chi connectivity index (χ0) is 14.5. The van der Waals surface area contributed by atoms with Crippen LogP contribution in [0.15, 0.2) is 60.9 Å². The molecular formula is C16H26N2O. The largest absolute Gasteiger partial charge is 0.497 e. The normalized spacial score (nSPS) is 11.1. The first-order chi connectivity index (χ1) is 9.10. The van der Waals surface area contributed by atoms with Crippen LogP contribution < -0.4 is 10.6 Å². The van der Waals surface area contributed by atoms with Crippen molar-refractivity contribution in [2.24, 2.45) is 0 Å². The van der Waals surface area contributed by atoms with Crippen molar-refractivity contribution in [3.05, 3.63) is 60.9 Å². The summed E-state index contributed by atoms with van der Waals surface area (Å²) in [6.45, 7) is 14.1. The van der Waals surface area contributed by atoms with E-state index in [2.05, 4.69) is 42.5 Å². The molecule has 3 heteroatoms. The topological polar surface area (TPSA) is 33.3 Å². The molecule has 0 aromatic carbocycles. The molecule has 0 spiro atoms. The summed E-state index contributed by atoms with van der Waals surface area (Å²) in [7, 11) is 3.51. The van der Waals surface area contributed by atoms with E-state index in [1.165, 1.54) is 0 Å². The SMILES string of the molecule is C=C(C=CCCNCC(=C)C=CC(=C)OC)CNC. The van der Waals surface area contributed by atoms with E-state index in [0.717, 1.165) is 37.2 Å². The molecule has 0 saturated carbocycles. The second-order valence-electron chi connectivity index (χ2n) is 4.22. The summed E-state index contributed by atoms with van der Waals surface area (Å²) in [4.78, 5) is 0. The van der Waals surface area contributed by atoms with Gasteiger partial charge in [-0.25, -0.2) is 0 Å². The average Bonchev–Trinajstić information content (AvgIpc) is 2.40. The van der Waals surface area contributed by atoms with E-state index in [0.29, 0.717) is 5.76 Å². The number of nitrogens with one attached hydrogen (secondary N) is 2. The third-order valence-electron chi connectivity index (χ3n) is 2.36. The van der Waals surface area contributed by atoms with Crippen molar-refractivity contribution in [3.8, 4) is 0 Å². The maximum Gasteiger partial charge on any atom is 0.111 e. The number of rotatable bonds is 11. The van der Waals surface area contributed by atoms with Crippen molar-refractivity contribution in [1.29, 1.82) is 0 Å². The van der Waals surface area contributed by atoms with Gasteiger partial charge in [0.15, 0.2) is 0 Å². The Balaban J connectivity index is 3.64. The smallest absolute Gasteiger partial charge is 0.111 e. The number of ether oxygens (including phenoxy) is 1. The summed E-state index contributed by atoms with van der Waals surface area (Å²) < 4.78 is 4.94. The Labute approximate surface area is 117 Å². The van der Waals surface area contributed by atoms with Crippen molar-refractivity contribution in [1.82, 2.24) is 10.6 Å². The minimum absolute atomic E-state index is 0.632. The van der Waals surface area contributed by atoms with Crippen molar-refractivity contribution >= 4 is 0 Å². The molecule has 0 aromatic rings. The zero-order valence-electron chi connectivity index (χ0n) is 12.2. The standard InChI is InChI=1S/C16H26N2O/c1-14(12-17-4)8-6-7-11-18-13-15(2)9-10-16(3)19-5/h6,8-10,17-18H,1-3,7,11-13H2,4-5H3. The van der Waals surface area contributed by atoms with Gasteiger partial charge in [-0.1, -0.05) is 38.0 Å². The number of allylic oxidation sites excluding steroid dienone is 1. The fourth-order valence-corrected chi connectivity index (χ4v) is 1.31. The third kappa shape index (κ3) is 11.3. The molecule has 106 valence electrons. The molecule has 0 aliphatic carbocycles. The van der Waals surface area contributed by atoms with Gasteiger partial charge in [0.2, 0.25) is 0 Å². The van der Waals surface area contributed by atoms with E-state index in [1.54, 1.807) is 7.11 Å². The molecule has 0 amide bonds. The molecular weight excluding hydrogens is 236 g/mol. The molecule has 0 rings (SSSR count). The Kier molecular flexibility index (Phi) is 10.6. The fourth-order valence-electron chi connectivity index (χ4n) is 1.31. The lowest BCUT2D eigenvalue weighted by Gasteiger charge is -2.03. The van der Waals surface area contributed by atoms with Crippen LogP contribution in [0, 0.1) is 0 Å². The van der Waals surface area contributed by atoms with Crippen molar-refractivity contribution in [3.63, 3.8) is 0 Å². The molecule has 0 fully saturated rings. The number of hydrogen-bond donors (Lipinski definition) is 2. The van der Waals surface area contributed by atoms with Gasteiger partial charge in [-0.15, -0.1) is 0 Å². The molecule has 0 aliphatic heterocycles. The molecule has 0 aliphatic rings. The monoisotopic (exact) mass is 262 g/mol. The van der Waals surface area contributed by atoms with Crippen molar-refractivity contribution in [2.45, 2.75) is 6.42 Å². The Bertz CT molecular complexity index is 354. The first kappa shape index (κ1) is 17.4. The van der Waals surface area contributed by atoms with Gasteiger partial charge < -0.3 is 15.4 Å². The van der Waals surface area contributed by atoms with Gasteiger partial charge in [-0.2, -0.15) is 0 Å². The molecule has 0 aromatic heterocycles. The minimum Gasteiger partial charge on any atom is -0.497 e. The lowest BCUT2D eigenvalue weighted by atomic mass is 10.2. The summed E-state index contributed by atoms with van der Waals surface area (Å²) in [5.74, 6) is 0.632. The summed E-state index contributed by atoms with van der Waals surface area (Å²) in [5.41, 5.74) is 2.09. The Morgan fingerprint density at radius 3 is 2.37 bits per heavy atom. The first-order valence-corrected chi connectivity index (χ1v) is 6.38. The maximum absolute atomic E-state index is 4.94. The van der Waals surface area contributed by atoms with E-state index in [9.17, 15) is 0 Å². The second-order valence-corrected chi connectivity index (χ2v) is 4.22. The van der Waals surface area contributed by atoms with E-state index in [4.69, 9.17) is 4.74 Å². The van der Waals surface area contributed by atoms with Crippen molar-refractivity contribution < 1.29 is 4.74 Å². The van der Waals surface area contributed by atoms with Crippen LogP contribution in [0.25, 0.3) is 0 Å². The molecule has 3 nitrogen and oxygen atoms in total. The predicted octanol–water partition coefficient (Wildman–Crippen LogP) is 2.57. The Morgan fingerprint density at radius 2 is 1.74 bits per heavy atom. The zero-order valence-corrected chi connectivity index (χ0v) is 12.2. The van der Waals surface area contributed by atoms with E-state index in [-0.39, 0.29) is 0 Å². The Morgan fingerprint density at radius 1 is 1.05 bits per heavy atom. The highest BCUT2D eigenvalue weighted by molar-refractivity contribution is 5.22. The molecule has 0 saturated heterocycles. The quantitative estimate of drug-likeness (QED) is 0.341. The lowest BCUT2D eigenvalue weighted by Crippen LogP contribution is -2.17. The molecule has 2 N–H and O–H groups in total. The van der Waals surface area contributed by atoms with E-state index >= 15 is 0 Å². The minimum atomic E-state index is 0.632.